The molecule has 2 N–H and O–H groups in total. The normalized spacial score (nSPS) is 11.8. The number of hydrogen-bond donors (Lipinski definition) is 2. The SMILES string of the molecule is CN=C(NCc1cccc(Cn2ccnc2C)c1)NCC(C)(C)SC.I. The van der Waals surface area contributed by atoms with Crippen molar-refractivity contribution in [2.24, 2.45) is 4.99 Å². The van der Waals surface area contributed by atoms with Gasteiger partial charge >= 0.3 is 0 Å². The van der Waals surface area contributed by atoms with Crippen LogP contribution in [-0.2, 0) is 13.1 Å². The number of aryl methyl sites for hydroxylation is 1. The summed E-state index contributed by atoms with van der Waals surface area (Å²) in [6.07, 6.45) is 5.98. The summed E-state index contributed by atoms with van der Waals surface area (Å²) >= 11 is 1.85. The molecule has 2 rings (SSSR count). The molecule has 2 aromatic rings. The molecule has 1 aromatic heterocycles. The molecular formula is C19H30IN5S. The van der Waals surface area contributed by atoms with Crippen LogP contribution in [0.1, 0.15) is 30.8 Å². The van der Waals surface area contributed by atoms with Gasteiger partial charge < -0.3 is 15.2 Å². The molecule has 0 aliphatic rings. The van der Waals surface area contributed by atoms with Gasteiger partial charge in [-0.1, -0.05) is 24.3 Å². The van der Waals surface area contributed by atoms with Crippen LogP contribution in [0.15, 0.2) is 41.7 Å². The second-order valence-electron chi connectivity index (χ2n) is 6.67. The molecule has 0 spiro atoms. The number of halogens is 1. The molecule has 0 amide bonds. The molecule has 0 unspecified atom stereocenters. The van der Waals surface area contributed by atoms with Crippen LogP contribution in [0.5, 0.6) is 0 Å². The van der Waals surface area contributed by atoms with Crippen molar-refractivity contribution in [2.45, 2.75) is 38.6 Å². The highest BCUT2D eigenvalue weighted by Crippen LogP contribution is 2.19. The maximum atomic E-state index is 4.31. The first-order chi connectivity index (χ1) is 11.9. The molecule has 5 nitrogen and oxygen atoms in total. The average molecular weight is 487 g/mol. The molecule has 26 heavy (non-hydrogen) atoms. The van der Waals surface area contributed by atoms with Crippen molar-refractivity contribution >= 4 is 41.7 Å². The zero-order valence-corrected chi connectivity index (χ0v) is 19.4. The number of guanidine groups is 1. The number of rotatable bonds is 7. The fourth-order valence-electron chi connectivity index (χ4n) is 2.38. The molecule has 1 aromatic carbocycles. The van der Waals surface area contributed by atoms with Gasteiger partial charge in [0.1, 0.15) is 5.82 Å². The third-order valence-electron chi connectivity index (χ3n) is 4.19. The van der Waals surface area contributed by atoms with E-state index in [1.54, 1.807) is 7.05 Å². The molecule has 0 bridgehead atoms. The van der Waals surface area contributed by atoms with E-state index in [4.69, 9.17) is 0 Å². The molecule has 144 valence electrons. The Hall–Kier alpha value is -1.22. The molecule has 0 radical (unpaired) electrons. The van der Waals surface area contributed by atoms with Crippen LogP contribution in [0.4, 0.5) is 0 Å². The van der Waals surface area contributed by atoms with Crippen molar-refractivity contribution in [3.8, 4) is 0 Å². The number of nitrogens with zero attached hydrogens (tertiary/aromatic N) is 3. The van der Waals surface area contributed by atoms with Gasteiger partial charge in [0, 0.05) is 43.8 Å². The molecule has 0 saturated heterocycles. The van der Waals surface area contributed by atoms with Crippen molar-refractivity contribution in [3.63, 3.8) is 0 Å². The summed E-state index contributed by atoms with van der Waals surface area (Å²) < 4.78 is 2.33. The molecule has 0 aliphatic heterocycles. The molecule has 1 heterocycles. The number of thioether (sulfide) groups is 1. The van der Waals surface area contributed by atoms with Crippen LogP contribution >= 0.6 is 35.7 Å². The van der Waals surface area contributed by atoms with Crippen LogP contribution in [0.2, 0.25) is 0 Å². The second kappa shape index (κ2) is 10.8. The van der Waals surface area contributed by atoms with E-state index in [1.807, 2.05) is 31.1 Å². The number of hydrogen-bond acceptors (Lipinski definition) is 3. The quantitative estimate of drug-likeness (QED) is 0.356. The van der Waals surface area contributed by atoms with Crippen LogP contribution in [0, 0.1) is 6.92 Å². The summed E-state index contributed by atoms with van der Waals surface area (Å²) in [7, 11) is 1.81. The molecule has 0 saturated carbocycles. The second-order valence-corrected chi connectivity index (χ2v) is 8.18. The standard InChI is InChI=1S/C19H29N5S.HI/c1-15-21-9-10-24(15)13-17-8-6-7-16(11-17)12-22-18(20-4)23-14-19(2,3)25-5;/h6-11H,12-14H2,1-5H3,(H2,20,22,23);1H. The summed E-state index contributed by atoms with van der Waals surface area (Å²) in [5.41, 5.74) is 2.51. The Morgan fingerprint density at radius 2 is 2.00 bits per heavy atom. The van der Waals surface area contributed by atoms with Crippen LogP contribution in [0.3, 0.4) is 0 Å². The lowest BCUT2D eigenvalue weighted by Gasteiger charge is -2.23. The van der Waals surface area contributed by atoms with E-state index in [0.717, 1.165) is 31.4 Å². The molecule has 0 atom stereocenters. The van der Waals surface area contributed by atoms with Crippen molar-refractivity contribution in [1.29, 1.82) is 0 Å². The van der Waals surface area contributed by atoms with Gasteiger partial charge in [-0.3, -0.25) is 4.99 Å². The van der Waals surface area contributed by atoms with Crippen molar-refractivity contribution in [1.82, 2.24) is 20.2 Å². The summed E-state index contributed by atoms with van der Waals surface area (Å²) in [5.74, 6) is 1.86. The fraction of sp³-hybridized carbons (Fsp3) is 0.474. The van der Waals surface area contributed by atoms with Crippen molar-refractivity contribution in [3.05, 3.63) is 53.6 Å². The fourth-order valence-corrected chi connectivity index (χ4v) is 2.60. The van der Waals surface area contributed by atoms with Crippen LogP contribution in [-0.4, -0.2) is 40.1 Å². The van der Waals surface area contributed by atoms with Crippen LogP contribution in [0.25, 0.3) is 0 Å². The van der Waals surface area contributed by atoms with Gasteiger partial charge in [0.2, 0.25) is 0 Å². The third kappa shape index (κ3) is 7.19. The average Bonchev–Trinajstić information content (AvgIpc) is 3.00. The molecule has 0 aliphatic carbocycles. The Kier molecular flexibility index (Phi) is 9.49. The van der Waals surface area contributed by atoms with Gasteiger partial charge in [0.05, 0.1) is 0 Å². The first-order valence-corrected chi connectivity index (χ1v) is 9.71. The Bertz CT molecular complexity index is 711. The lowest BCUT2D eigenvalue weighted by Crippen LogP contribution is -2.42. The van der Waals surface area contributed by atoms with Gasteiger partial charge in [-0.05, 0) is 38.2 Å². The maximum absolute atomic E-state index is 4.31. The predicted octanol–water partition coefficient (Wildman–Crippen LogP) is 3.66. The predicted molar refractivity (Wildman–Crippen MR) is 124 cm³/mol. The lowest BCUT2D eigenvalue weighted by molar-refractivity contribution is 0.664. The number of imidazole rings is 1. The highest BCUT2D eigenvalue weighted by atomic mass is 127. The van der Waals surface area contributed by atoms with E-state index in [0.29, 0.717) is 0 Å². The summed E-state index contributed by atoms with van der Waals surface area (Å²) in [6, 6.07) is 8.62. The maximum Gasteiger partial charge on any atom is 0.191 e. The highest BCUT2D eigenvalue weighted by molar-refractivity contribution is 14.0. The topological polar surface area (TPSA) is 54.2 Å². The Morgan fingerprint density at radius 1 is 1.27 bits per heavy atom. The van der Waals surface area contributed by atoms with E-state index in [1.165, 1.54) is 11.1 Å². The first-order valence-electron chi connectivity index (χ1n) is 8.49. The number of aliphatic imine (C=N–C) groups is 1. The minimum atomic E-state index is 0. The zero-order valence-electron chi connectivity index (χ0n) is 16.2. The Morgan fingerprint density at radius 3 is 2.62 bits per heavy atom. The number of nitrogens with one attached hydrogen (secondary N) is 2. The third-order valence-corrected chi connectivity index (χ3v) is 5.44. The summed E-state index contributed by atoms with van der Waals surface area (Å²) in [4.78, 5) is 8.59. The number of aromatic nitrogens is 2. The first kappa shape index (κ1) is 22.8. The Labute approximate surface area is 178 Å². The molecule has 0 fully saturated rings. The molecular weight excluding hydrogens is 457 g/mol. The zero-order chi connectivity index (χ0) is 18.3. The van der Waals surface area contributed by atoms with Gasteiger partial charge in [0.15, 0.2) is 5.96 Å². The monoisotopic (exact) mass is 487 g/mol. The van der Waals surface area contributed by atoms with E-state index in [2.05, 4.69) is 69.5 Å². The van der Waals surface area contributed by atoms with E-state index < -0.39 is 0 Å². The van der Waals surface area contributed by atoms with Crippen molar-refractivity contribution in [2.75, 3.05) is 19.8 Å². The largest absolute Gasteiger partial charge is 0.355 e. The van der Waals surface area contributed by atoms with Gasteiger partial charge in [-0.15, -0.1) is 24.0 Å². The van der Waals surface area contributed by atoms with Crippen molar-refractivity contribution < 1.29 is 0 Å². The minimum absolute atomic E-state index is 0. The van der Waals surface area contributed by atoms with Gasteiger partial charge in [-0.25, -0.2) is 4.98 Å². The summed E-state index contributed by atoms with van der Waals surface area (Å²) in [6.45, 7) is 8.93. The van der Waals surface area contributed by atoms with Gasteiger partial charge in [-0.2, -0.15) is 11.8 Å². The van der Waals surface area contributed by atoms with E-state index >= 15 is 0 Å². The highest BCUT2D eigenvalue weighted by Gasteiger charge is 2.16. The van der Waals surface area contributed by atoms with E-state index in [-0.39, 0.29) is 28.7 Å². The minimum Gasteiger partial charge on any atom is -0.355 e. The van der Waals surface area contributed by atoms with Crippen LogP contribution < -0.4 is 10.6 Å². The van der Waals surface area contributed by atoms with E-state index in [9.17, 15) is 0 Å². The van der Waals surface area contributed by atoms with Gasteiger partial charge in [0.25, 0.3) is 0 Å². The molecule has 7 heteroatoms. The Balaban J connectivity index is 0.00000338. The summed E-state index contributed by atoms with van der Waals surface area (Å²) in [5, 5.41) is 6.79. The lowest BCUT2D eigenvalue weighted by atomic mass is 10.1. The smallest absolute Gasteiger partial charge is 0.191 e. The number of benzene rings is 1.